The third-order valence-corrected chi connectivity index (χ3v) is 3.80. The summed E-state index contributed by atoms with van der Waals surface area (Å²) in [7, 11) is 0. The third kappa shape index (κ3) is 2.17. The molecule has 0 bridgehead atoms. The standard InChI is InChI=1S/C17H18N2O2/c1-11-10-21-12(2)16(11)17(20)19-9-13(7-8-18)14-5-3-4-6-15(14)19/h3-6,9-10H,7-8,18H2,1-2H3. The molecule has 0 unspecified atom stereocenters. The summed E-state index contributed by atoms with van der Waals surface area (Å²) in [5.74, 6) is 0.592. The monoisotopic (exact) mass is 282 g/mol. The van der Waals surface area contributed by atoms with Crippen LogP contribution >= 0.6 is 0 Å². The van der Waals surface area contributed by atoms with Crippen LogP contribution in [0, 0.1) is 13.8 Å². The lowest BCUT2D eigenvalue weighted by Crippen LogP contribution is -2.12. The first-order valence-corrected chi connectivity index (χ1v) is 7.02. The minimum absolute atomic E-state index is 0.0572. The number of aromatic nitrogens is 1. The highest BCUT2D eigenvalue weighted by atomic mass is 16.3. The molecule has 4 nitrogen and oxygen atoms in total. The Kier molecular flexibility index (Phi) is 3.39. The Morgan fingerprint density at radius 2 is 2.05 bits per heavy atom. The molecule has 0 spiro atoms. The second-order valence-electron chi connectivity index (χ2n) is 5.24. The second-order valence-corrected chi connectivity index (χ2v) is 5.24. The lowest BCUT2D eigenvalue weighted by Gasteiger charge is -2.04. The van der Waals surface area contributed by atoms with E-state index in [-0.39, 0.29) is 5.91 Å². The minimum Gasteiger partial charge on any atom is -0.469 e. The Labute approximate surface area is 123 Å². The van der Waals surface area contributed by atoms with E-state index in [1.54, 1.807) is 10.8 Å². The Hall–Kier alpha value is -2.33. The van der Waals surface area contributed by atoms with Crippen LogP contribution in [-0.2, 0) is 6.42 Å². The number of rotatable bonds is 3. The minimum atomic E-state index is -0.0572. The van der Waals surface area contributed by atoms with Gasteiger partial charge in [0.15, 0.2) is 0 Å². The average Bonchev–Trinajstić information content (AvgIpc) is 3.01. The highest BCUT2D eigenvalue weighted by Crippen LogP contribution is 2.25. The van der Waals surface area contributed by atoms with Gasteiger partial charge in [-0.2, -0.15) is 0 Å². The fourth-order valence-corrected chi connectivity index (χ4v) is 2.78. The van der Waals surface area contributed by atoms with Crippen molar-refractivity contribution < 1.29 is 9.21 Å². The number of nitrogens with zero attached hydrogens (tertiary/aromatic N) is 1. The van der Waals surface area contributed by atoms with E-state index in [1.165, 1.54) is 0 Å². The van der Waals surface area contributed by atoms with Crippen molar-refractivity contribution in [3.63, 3.8) is 0 Å². The van der Waals surface area contributed by atoms with Gasteiger partial charge < -0.3 is 10.2 Å². The summed E-state index contributed by atoms with van der Waals surface area (Å²) >= 11 is 0. The lowest BCUT2D eigenvalue weighted by atomic mass is 10.1. The van der Waals surface area contributed by atoms with E-state index in [0.29, 0.717) is 17.9 Å². The number of hydrogen-bond donors (Lipinski definition) is 1. The van der Waals surface area contributed by atoms with Gasteiger partial charge in [-0.25, -0.2) is 0 Å². The summed E-state index contributed by atoms with van der Waals surface area (Å²) in [6, 6.07) is 7.90. The molecule has 2 heterocycles. The van der Waals surface area contributed by atoms with Gasteiger partial charge in [0, 0.05) is 17.1 Å². The smallest absolute Gasteiger partial charge is 0.266 e. The number of benzene rings is 1. The summed E-state index contributed by atoms with van der Waals surface area (Å²) < 4.78 is 7.05. The molecule has 0 saturated heterocycles. The molecule has 0 atom stereocenters. The van der Waals surface area contributed by atoms with Crippen LogP contribution in [0.3, 0.4) is 0 Å². The number of hydrogen-bond acceptors (Lipinski definition) is 3. The number of aryl methyl sites for hydroxylation is 2. The molecular formula is C17H18N2O2. The summed E-state index contributed by atoms with van der Waals surface area (Å²) in [6.45, 7) is 4.26. The number of nitrogens with two attached hydrogens (primary N) is 1. The first-order chi connectivity index (χ1) is 10.1. The van der Waals surface area contributed by atoms with Gasteiger partial charge in [0.25, 0.3) is 5.91 Å². The molecule has 0 aliphatic carbocycles. The first kappa shape index (κ1) is 13.6. The average molecular weight is 282 g/mol. The Bertz CT molecular complexity index is 792. The molecule has 0 aliphatic heterocycles. The molecule has 0 aliphatic rings. The molecule has 0 radical (unpaired) electrons. The van der Waals surface area contributed by atoms with Gasteiger partial charge in [-0.3, -0.25) is 9.36 Å². The van der Waals surface area contributed by atoms with Crippen molar-refractivity contribution in [1.29, 1.82) is 0 Å². The Morgan fingerprint density at radius 1 is 1.29 bits per heavy atom. The third-order valence-electron chi connectivity index (χ3n) is 3.80. The summed E-state index contributed by atoms with van der Waals surface area (Å²) in [5, 5.41) is 1.08. The summed E-state index contributed by atoms with van der Waals surface area (Å²) in [4.78, 5) is 12.9. The molecule has 3 rings (SSSR count). The molecule has 0 amide bonds. The normalized spacial score (nSPS) is 11.2. The van der Waals surface area contributed by atoms with Crippen LogP contribution in [-0.4, -0.2) is 17.0 Å². The number of carbonyl (C=O) groups is 1. The number of para-hydroxylation sites is 1. The van der Waals surface area contributed by atoms with Crippen molar-refractivity contribution in [2.24, 2.45) is 5.73 Å². The summed E-state index contributed by atoms with van der Waals surface area (Å²) in [5.41, 5.74) is 9.17. The SMILES string of the molecule is Cc1coc(C)c1C(=O)n1cc(CCN)c2ccccc21. The van der Waals surface area contributed by atoms with Crippen molar-refractivity contribution in [1.82, 2.24) is 4.57 Å². The molecule has 21 heavy (non-hydrogen) atoms. The van der Waals surface area contributed by atoms with Gasteiger partial charge >= 0.3 is 0 Å². The maximum Gasteiger partial charge on any atom is 0.266 e. The van der Waals surface area contributed by atoms with Crippen molar-refractivity contribution >= 4 is 16.8 Å². The number of carbonyl (C=O) groups excluding carboxylic acids is 1. The molecule has 0 fully saturated rings. The van der Waals surface area contributed by atoms with Gasteiger partial charge in [-0.15, -0.1) is 0 Å². The first-order valence-electron chi connectivity index (χ1n) is 7.02. The van der Waals surface area contributed by atoms with E-state index in [1.807, 2.05) is 44.3 Å². The molecule has 2 N–H and O–H groups in total. The highest BCUT2D eigenvalue weighted by molar-refractivity contribution is 6.04. The van der Waals surface area contributed by atoms with Crippen molar-refractivity contribution in [2.45, 2.75) is 20.3 Å². The van der Waals surface area contributed by atoms with Gasteiger partial charge in [-0.1, -0.05) is 18.2 Å². The van der Waals surface area contributed by atoms with E-state index in [0.717, 1.165) is 28.5 Å². The van der Waals surface area contributed by atoms with Crippen LogP contribution in [0.2, 0.25) is 0 Å². The fraction of sp³-hybridized carbons (Fsp3) is 0.235. The van der Waals surface area contributed by atoms with Crippen LogP contribution in [0.5, 0.6) is 0 Å². The van der Waals surface area contributed by atoms with Gasteiger partial charge in [0.2, 0.25) is 0 Å². The Balaban J connectivity index is 2.19. The van der Waals surface area contributed by atoms with Gasteiger partial charge in [0.1, 0.15) is 5.76 Å². The molecule has 2 aromatic heterocycles. The van der Waals surface area contributed by atoms with Crippen LogP contribution in [0.25, 0.3) is 10.9 Å². The molecule has 4 heteroatoms. The van der Waals surface area contributed by atoms with E-state index in [4.69, 9.17) is 10.2 Å². The number of furan rings is 1. The summed E-state index contributed by atoms with van der Waals surface area (Å²) in [6.07, 6.45) is 4.27. The molecule has 1 aromatic carbocycles. The van der Waals surface area contributed by atoms with Crippen LogP contribution < -0.4 is 5.73 Å². The van der Waals surface area contributed by atoms with E-state index in [2.05, 4.69) is 0 Å². The number of fused-ring (bicyclic) bond motifs is 1. The predicted octanol–water partition coefficient (Wildman–Crippen LogP) is 3.04. The zero-order chi connectivity index (χ0) is 15.0. The van der Waals surface area contributed by atoms with Crippen molar-refractivity contribution in [2.75, 3.05) is 6.54 Å². The van der Waals surface area contributed by atoms with Crippen molar-refractivity contribution in [3.8, 4) is 0 Å². The maximum atomic E-state index is 12.9. The highest BCUT2D eigenvalue weighted by Gasteiger charge is 2.20. The van der Waals surface area contributed by atoms with Gasteiger partial charge in [0.05, 0.1) is 17.3 Å². The lowest BCUT2D eigenvalue weighted by molar-refractivity contribution is 0.0963. The van der Waals surface area contributed by atoms with E-state index < -0.39 is 0 Å². The zero-order valence-corrected chi connectivity index (χ0v) is 12.2. The van der Waals surface area contributed by atoms with Crippen molar-refractivity contribution in [3.05, 3.63) is 59.2 Å². The van der Waals surface area contributed by atoms with E-state index >= 15 is 0 Å². The zero-order valence-electron chi connectivity index (χ0n) is 12.2. The van der Waals surface area contributed by atoms with Crippen LogP contribution in [0.1, 0.15) is 27.2 Å². The Morgan fingerprint density at radius 3 is 2.71 bits per heavy atom. The molecule has 0 saturated carbocycles. The molecular weight excluding hydrogens is 264 g/mol. The topological polar surface area (TPSA) is 61.2 Å². The second kappa shape index (κ2) is 5.22. The quantitative estimate of drug-likeness (QED) is 0.803. The maximum absolute atomic E-state index is 12.9. The van der Waals surface area contributed by atoms with Gasteiger partial charge in [-0.05, 0) is 38.4 Å². The van der Waals surface area contributed by atoms with Crippen LogP contribution in [0.4, 0.5) is 0 Å². The predicted molar refractivity (Wildman–Crippen MR) is 82.6 cm³/mol. The van der Waals surface area contributed by atoms with Crippen LogP contribution in [0.15, 0.2) is 41.1 Å². The fourth-order valence-electron chi connectivity index (χ4n) is 2.78. The van der Waals surface area contributed by atoms with E-state index in [9.17, 15) is 4.79 Å². The molecule has 3 aromatic rings. The largest absolute Gasteiger partial charge is 0.469 e. The molecule has 108 valence electrons.